The molecule has 14 rings (SSSR count). The van der Waals surface area contributed by atoms with E-state index in [0.717, 1.165) is 81.9 Å². The van der Waals surface area contributed by atoms with Gasteiger partial charge < -0.3 is 8.98 Å². The summed E-state index contributed by atoms with van der Waals surface area (Å²) >= 11 is 1.78. The largest absolute Gasteiger partial charge is 0.456 e. The minimum atomic E-state index is 0.566. The Morgan fingerprint density at radius 2 is 1.02 bits per heavy atom. The molecule has 14 aromatic rings. The van der Waals surface area contributed by atoms with Gasteiger partial charge in [-0.15, -0.1) is 11.3 Å². The van der Waals surface area contributed by atoms with Crippen molar-refractivity contribution in [2.45, 2.75) is 0 Å². The molecule has 0 saturated carbocycles. The van der Waals surface area contributed by atoms with Crippen molar-refractivity contribution in [2.75, 3.05) is 0 Å². The van der Waals surface area contributed by atoms with Crippen LogP contribution in [0.3, 0.4) is 0 Å². The Hall–Kier alpha value is -8.45. The maximum atomic E-state index is 6.83. The van der Waals surface area contributed by atoms with Crippen LogP contribution in [0.1, 0.15) is 0 Å². The van der Waals surface area contributed by atoms with Crippen molar-refractivity contribution >= 4 is 96.8 Å². The summed E-state index contributed by atoms with van der Waals surface area (Å²) in [5.41, 5.74) is 9.68. The molecule has 10 aromatic carbocycles. The average Bonchev–Trinajstić information content (AvgIpc) is 4.04. The van der Waals surface area contributed by atoms with Crippen LogP contribution in [0.4, 0.5) is 0 Å². The topological polar surface area (TPSA) is 56.7 Å². The second-order valence-electron chi connectivity index (χ2n) is 16.7. The summed E-state index contributed by atoms with van der Waals surface area (Å²) in [6.45, 7) is 0. The standard InChI is InChI=1S/C59H34N4OS/c1-2-14-35(15-3-1)36-20-12-21-41(30-36)57-60-58(45-25-13-24-44-43-23-9-11-27-53(43)65-56(44)45)62-59(61-57)55-49(28-29-51-54(55)47-32-38-17-5-7-19-40(38)34-52(47)64-51)63-48-26-10-8-22-42(48)46-31-37-16-4-6-18-39(37)33-50(46)63/h1-34H. The summed E-state index contributed by atoms with van der Waals surface area (Å²) in [5, 5.41) is 11.3. The van der Waals surface area contributed by atoms with Crippen LogP contribution in [-0.4, -0.2) is 19.5 Å². The highest BCUT2D eigenvalue weighted by atomic mass is 32.1. The fraction of sp³-hybridized carbons (Fsp3) is 0. The van der Waals surface area contributed by atoms with Crippen LogP contribution in [0.15, 0.2) is 211 Å². The molecule has 0 N–H and O–H groups in total. The van der Waals surface area contributed by atoms with Crippen molar-refractivity contribution in [1.82, 2.24) is 19.5 Å². The van der Waals surface area contributed by atoms with E-state index < -0.39 is 0 Å². The first-order valence-electron chi connectivity index (χ1n) is 21.8. The van der Waals surface area contributed by atoms with Gasteiger partial charge in [-0.05, 0) is 93.3 Å². The third-order valence-electron chi connectivity index (χ3n) is 13.0. The van der Waals surface area contributed by atoms with Gasteiger partial charge in [0.1, 0.15) is 11.2 Å². The van der Waals surface area contributed by atoms with Crippen LogP contribution in [-0.2, 0) is 0 Å². The lowest BCUT2D eigenvalue weighted by Crippen LogP contribution is -2.04. The number of furan rings is 1. The Kier molecular flexibility index (Phi) is 7.79. The number of para-hydroxylation sites is 1. The number of hydrogen-bond acceptors (Lipinski definition) is 5. The molecule has 0 aliphatic heterocycles. The van der Waals surface area contributed by atoms with E-state index in [4.69, 9.17) is 19.4 Å². The predicted molar refractivity (Wildman–Crippen MR) is 271 cm³/mol. The van der Waals surface area contributed by atoms with Crippen molar-refractivity contribution < 1.29 is 4.42 Å². The van der Waals surface area contributed by atoms with Gasteiger partial charge in [-0.1, -0.05) is 146 Å². The molecule has 302 valence electrons. The first kappa shape index (κ1) is 36.1. The van der Waals surface area contributed by atoms with Crippen LogP contribution in [0.2, 0.25) is 0 Å². The zero-order valence-corrected chi connectivity index (χ0v) is 35.6. The molecule has 0 saturated heterocycles. The number of aromatic nitrogens is 4. The summed E-state index contributed by atoms with van der Waals surface area (Å²) in [7, 11) is 0. The van der Waals surface area contributed by atoms with Crippen molar-refractivity contribution in [3.8, 4) is 51.0 Å². The summed E-state index contributed by atoms with van der Waals surface area (Å²) < 4.78 is 11.6. The lowest BCUT2D eigenvalue weighted by molar-refractivity contribution is 0.669. The summed E-state index contributed by atoms with van der Waals surface area (Å²) in [6, 6.07) is 73.2. The summed E-state index contributed by atoms with van der Waals surface area (Å²) in [5.74, 6) is 1.77. The van der Waals surface area contributed by atoms with E-state index >= 15 is 0 Å². The third kappa shape index (κ3) is 5.61. The molecule has 4 aromatic heterocycles. The number of hydrogen-bond donors (Lipinski definition) is 0. The maximum absolute atomic E-state index is 6.83. The number of fused-ring (bicyclic) bond motifs is 11. The number of rotatable bonds is 5. The Balaban J connectivity index is 1.13. The van der Waals surface area contributed by atoms with E-state index in [1.165, 1.54) is 37.0 Å². The third-order valence-corrected chi connectivity index (χ3v) is 14.2. The van der Waals surface area contributed by atoms with E-state index in [-0.39, 0.29) is 0 Å². The fourth-order valence-electron chi connectivity index (χ4n) is 10.00. The van der Waals surface area contributed by atoms with Crippen molar-refractivity contribution in [3.63, 3.8) is 0 Å². The molecule has 0 aliphatic carbocycles. The highest BCUT2D eigenvalue weighted by Crippen LogP contribution is 2.46. The molecule has 0 unspecified atom stereocenters. The van der Waals surface area contributed by atoms with E-state index in [1.54, 1.807) is 11.3 Å². The zero-order chi connectivity index (χ0) is 42.6. The van der Waals surface area contributed by atoms with Gasteiger partial charge in [-0.25, -0.2) is 15.0 Å². The normalized spacial score (nSPS) is 12.0. The van der Waals surface area contributed by atoms with Gasteiger partial charge in [0.2, 0.25) is 0 Å². The molecule has 0 bridgehead atoms. The van der Waals surface area contributed by atoms with Crippen molar-refractivity contribution in [3.05, 3.63) is 206 Å². The van der Waals surface area contributed by atoms with Gasteiger partial charge in [0.15, 0.2) is 17.5 Å². The highest BCUT2D eigenvalue weighted by molar-refractivity contribution is 7.26. The van der Waals surface area contributed by atoms with Gasteiger partial charge in [-0.3, -0.25) is 0 Å². The molecule has 5 nitrogen and oxygen atoms in total. The summed E-state index contributed by atoms with van der Waals surface area (Å²) in [4.78, 5) is 16.6. The molecule has 0 fully saturated rings. The van der Waals surface area contributed by atoms with Gasteiger partial charge in [0.25, 0.3) is 0 Å². The monoisotopic (exact) mass is 846 g/mol. The molecular weight excluding hydrogens is 813 g/mol. The average molecular weight is 847 g/mol. The van der Waals surface area contributed by atoms with E-state index in [1.807, 2.05) is 6.07 Å². The quantitative estimate of drug-likeness (QED) is 0.173. The first-order chi connectivity index (χ1) is 32.2. The molecule has 4 heterocycles. The minimum absolute atomic E-state index is 0.566. The van der Waals surface area contributed by atoms with E-state index in [0.29, 0.717) is 17.5 Å². The van der Waals surface area contributed by atoms with E-state index in [2.05, 4.69) is 205 Å². The van der Waals surface area contributed by atoms with Gasteiger partial charge in [-0.2, -0.15) is 0 Å². The number of benzene rings is 10. The first-order valence-corrected chi connectivity index (χ1v) is 22.7. The molecule has 6 heteroatoms. The molecular formula is C59H34N4OS. The SMILES string of the molecule is c1ccc(-c2cccc(-c3nc(-c4cccc5c4sc4ccccc45)nc(-c4c(-n5c6ccccc6c6cc7ccccc7cc65)ccc5oc6cc7ccccc7cc6c45)n3)c2)cc1. The van der Waals surface area contributed by atoms with Crippen LogP contribution < -0.4 is 0 Å². The van der Waals surface area contributed by atoms with Crippen LogP contribution in [0.5, 0.6) is 0 Å². The Morgan fingerprint density at radius 3 is 1.86 bits per heavy atom. The Bertz CT molecular complexity index is 4260. The van der Waals surface area contributed by atoms with Gasteiger partial charge >= 0.3 is 0 Å². The molecule has 0 aliphatic rings. The fourth-order valence-corrected chi connectivity index (χ4v) is 11.2. The predicted octanol–water partition coefficient (Wildman–Crippen LogP) is 16.2. The van der Waals surface area contributed by atoms with Crippen LogP contribution >= 0.6 is 11.3 Å². The molecule has 65 heavy (non-hydrogen) atoms. The van der Waals surface area contributed by atoms with Crippen molar-refractivity contribution in [2.24, 2.45) is 0 Å². The van der Waals surface area contributed by atoms with Crippen LogP contribution in [0, 0.1) is 0 Å². The van der Waals surface area contributed by atoms with E-state index in [9.17, 15) is 0 Å². The molecule has 0 radical (unpaired) electrons. The zero-order valence-electron chi connectivity index (χ0n) is 34.7. The second-order valence-corrected chi connectivity index (χ2v) is 17.8. The molecule has 0 atom stereocenters. The maximum Gasteiger partial charge on any atom is 0.166 e. The van der Waals surface area contributed by atoms with Crippen LogP contribution in [0.25, 0.3) is 136 Å². The highest BCUT2D eigenvalue weighted by Gasteiger charge is 2.26. The number of thiophene rings is 1. The molecule has 0 spiro atoms. The number of nitrogens with zero attached hydrogens (tertiary/aromatic N) is 4. The van der Waals surface area contributed by atoms with Crippen molar-refractivity contribution in [1.29, 1.82) is 0 Å². The summed E-state index contributed by atoms with van der Waals surface area (Å²) in [6.07, 6.45) is 0. The minimum Gasteiger partial charge on any atom is -0.456 e. The Morgan fingerprint density at radius 1 is 0.385 bits per heavy atom. The lowest BCUT2D eigenvalue weighted by Gasteiger charge is -2.16. The lowest BCUT2D eigenvalue weighted by atomic mass is 10.00. The Labute approximate surface area is 376 Å². The van der Waals surface area contributed by atoms with Gasteiger partial charge in [0.05, 0.1) is 22.3 Å². The smallest absolute Gasteiger partial charge is 0.166 e. The molecule has 0 amide bonds. The van der Waals surface area contributed by atoms with Gasteiger partial charge in [0, 0.05) is 52.8 Å². The second kappa shape index (κ2) is 14.0.